The Labute approximate surface area is 172 Å². The number of carbonyl (C=O) groups excluding carboxylic acids is 1. The van der Waals surface area contributed by atoms with Gasteiger partial charge in [0.25, 0.3) is 0 Å². The van der Waals surface area contributed by atoms with Crippen LogP contribution in [0.25, 0.3) is 0 Å². The van der Waals surface area contributed by atoms with Crippen LogP contribution in [0, 0.1) is 11.7 Å². The normalized spacial score (nSPS) is 20.9. The molecule has 0 saturated carbocycles. The van der Waals surface area contributed by atoms with Gasteiger partial charge in [-0.05, 0) is 57.4 Å². The van der Waals surface area contributed by atoms with E-state index in [-0.39, 0.29) is 11.9 Å². The van der Waals surface area contributed by atoms with Crippen LogP contribution >= 0.6 is 0 Å². The van der Waals surface area contributed by atoms with Gasteiger partial charge in [-0.3, -0.25) is 4.99 Å². The summed E-state index contributed by atoms with van der Waals surface area (Å²) in [5, 5.41) is 0. The molecule has 2 aliphatic rings. The number of halogens is 1. The van der Waals surface area contributed by atoms with Gasteiger partial charge in [0.1, 0.15) is 11.4 Å². The molecule has 1 aromatic carbocycles. The van der Waals surface area contributed by atoms with Gasteiger partial charge < -0.3 is 25.2 Å². The lowest BCUT2D eigenvalue weighted by Crippen LogP contribution is -2.51. The van der Waals surface area contributed by atoms with Gasteiger partial charge in [-0.15, -0.1) is 0 Å². The van der Waals surface area contributed by atoms with E-state index < -0.39 is 5.60 Å². The summed E-state index contributed by atoms with van der Waals surface area (Å²) in [5.41, 5.74) is 6.76. The zero-order valence-electron chi connectivity index (χ0n) is 17.6. The molecule has 1 unspecified atom stereocenters. The quantitative estimate of drug-likeness (QED) is 0.618. The number of hydrogen-bond donors (Lipinski definition) is 1. The van der Waals surface area contributed by atoms with E-state index >= 15 is 0 Å². The lowest BCUT2D eigenvalue weighted by atomic mass is 10.1. The molecule has 2 N–H and O–H groups in total. The highest BCUT2D eigenvalue weighted by atomic mass is 19.1. The maximum absolute atomic E-state index is 13.1. The lowest BCUT2D eigenvalue weighted by Gasteiger charge is -2.36. The molecule has 0 spiro atoms. The Morgan fingerprint density at radius 3 is 2.41 bits per heavy atom. The predicted molar refractivity (Wildman–Crippen MR) is 113 cm³/mol. The van der Waals surface area contributed by atoms with Crippen molar-refractivity contribution in [2.75, 3.05) is 50.7 Å². The highest BCUT2D eigenvalue weighted by molar-refractivity contribution is 5.78. The number of nitrogens with zero attached hydrogens (tertiary/aromatic N) is 4. The van der Waals surface area contributed by atoms with Crippen LogP contribution < -0.4 is 10.6 Å². The molecule has 2 heterocycles. The number of carbonyl (C=O) groups is 1. The van der Waals surface area contributed by atoms with Gasteiger partial charge in [0, 0.05) is 51.5 Å². The number of likely N-dealkylation sites (tertiary alicyclic amines) is 1. The van der Waals surface area contributed by atoms with Gasteiger partial charge in [-0.1, -0.05) is 0 Å². The SMILES string of the molecule is CC(C)(C)OC(=O)N1CCC(CN=C(N)N2CCN(c3ccc(F)cc3)CC2)C1. The molecule has 160 valence electrons. The number of piperazine rings is 1. The summed E-state index contributed by atoms with van der Waals surface area (Å²) in [6.45, 7) is 10.8. The van der Waals surface area contributed by atoms with Crippen molar-refractivity contribution in [2.45, 2.75) is 32.8 Å². The molecular weight excluding hydrogens is 373 g/mol. The summed E-state index contributed by atoms with van der Waals surface area (Å²) in [7, 11) is 0. The molecule has 7 nitrogen and oxygen atoms in total. The van der Waals surface area contributed by atoms with Crippen LogP contribution in [0.1, 0.15) is 27.2 Å². The molecule has 0 bridgehead atoms. The van der Waals surface area contributed by atoms with Crippen LogP contribution in [0.2, 0.25) is 0 Å². The molecule has 1 aromatic rings. The minimum Gasteiger partial charge on any atom is -0.444 e. The Morgan fingerprint density at radius 2 is 1.79 bits per heavy atom. The summed E-state index contributed by atoms with van der Waals surface area (Å²) in [5.74, 6) is 0.641. The molecular formula is C21H32FN5O2. The Bertz CT molecular complexity index is 724. The summed E-state index contributed by atoms with van der Waals surface area (Å²) in [4.78, 5) is 22.8. The van der Waals surface area contributed by atoms with Crippen molar-refractivity contribution in [3.63, 3.8) is 0 Å². The molecule has 2 saturated heterocycles. The van der Waals surface area contributed by atoms with E-state index in [1.807, 2.05) is 20.8 Å². The Kier molecular flexibility index (Phi) is 6.49. The third-order valence-corrected chi connectivity index (χ3v) is 5.24. The minimum absolute atomic E-state index is 0.221. The van der Waals surface area contributed by atoms with Crippen molar-refractivity contribution in [3.8, 4) is 0 Å². The second-order valence-electron chi connectivity index (χ2n) is 8.73. The largest absolute Gasteiger partial charge is 0.444 e. The van der Waals surface area contributed by atoms with E-state index in [0.717, 1.165) is 38.3 Å². The van der Waals surface area contributed by atoms with E-state index in [0.29, 0.717) is 31.5 Å². The topological polar surface area (TPSA) is 74.4 Å². The van der Waals surface area contributed by atoms with Crippen LogP contribution in [-0.2, 0) is 4.74 Å². The molecule has 0 aromatic heterocycles. The van der Waals surface area contributed by atoms with Crippen LogP contribution in [0.5, 0.6) is 0 Å². The maximum atomic E-state index is 13.1. The molecule has 29 heavy (non-hydrogen) atoms. The molecule has 1 amide bonds. The van der Waals surface area contributed by atoms with Crippen LogP contribution in [-0.4, -0.2) is 73.3 Å². The third-order valence-electron chi connectivity index (χ3n) is 5.24. The monoisotopic (exact) mass is 405 g/mol. The van der Waals surface area contributed by atoms with E-state index in [4.69, 9.17) is 10.5 Å². The summed E-state index contributed by atoms with van der Waals surface area (Å²) >= 11 is 0. The Morgan fingerprint density at radius 1 is 1.14 bits per heavy atom. The first-order valence-electron chi connectivity index (χ1n) is 10.2. The average molecular weight is 406 g/mol. The number of benzene rings is 1. The average Bonchev–Trinajstić information content (AvgIpc) is 3.15. The maximum Gasteiger partial charge on any atom is 0.410 e. The van der Waals surface area contributed by atoms with Crippen LogP contribution in [0.4, 0.5) is 14.9 Å². The van der Waals surface area contributed by atoms with E-state index in [9.17, 15) is 9.18 Å². The lowest BCUT2D eigenvalue weighted by molar-refractivity contribution is 0.0289. The first-order chi connectivity index (χ1) is 13.7. The molecule has 2 aliphatic heterocycles. The molecule has 8 heteroatoms. The number of nitrogens with two attached hydrogens (primary N) is 1. The summed E-state index contributed by atoms with van der Waals surface area (Å²) in [6.07, 6.45) is 0.655. The van der Waals surface area contributed by atoms with Crippen molar-refractivity contribution < 1.29 is 13.9 Å². The van der Waals surface area contributed by atoms with Gasteiger partial charge in [0.15, 0.2) is 5.96 Å². The highest BCUT2D eigenvalue weighted by Crippen LogP contribution is 2.20. The minimum atomic E-state index is -0.478. The van der Waals surface area contributed by atoms with Crippen molar-refractivity contribution >= 4 is 17.7 Å². The molecule has 0 radical (unpaired) electrons. The highest BCUT2D eigenvalue weighted by Gasteiger charge is 2.29. The van der Waals surface area contributed by atoms with Gasteiger partial charge >= 0.3 is 6.09 Å². The van der Waals surface area contributed by atoms with E-state index in [1.165, 1.54) is 12.1 Å². The van der Waals surface area contributed by atoms with Gasteiger partial charge in [-0.25, -0.2) is 9.18 Å². The van der Waals surface area contributed by atoms with Crippen molar-refractivity contribution in [2.24, 2.45) is 16.6 Å². The fourth-order valence-electron chi connectivity index (χ4n) is 3.64. The molecule has 2 fully saturated rings. The molecule has 1 atom stereocenters. The van der Waals surface area contributed by atoms with Crippen LogP contribution in [0.3, 0.4) is 0 Å². The standard InChI is InChI=1S/C21H32FN5O2/c1-21(2,3)29-20(28)27-9-8-16(15-27)14-24-19(23)26-12-10-25(11-13-26)18-6-4-17(22)5-7-18/h4-7,16H,8-15H2,1-3H3,(H2,23,24). The fourth-order valence-corrected chi connectivity index (χ4v) is 3.64. The zero-order valence-corrected chi connectivity index (χ0v) is 17.6. The first-order valence-corrected chi connectivity index (χ1v) is 10.2. The second kappa shape index (κ2) is 8.88. The van der Waals surface area contributed by atoms with E-state index in [2.05, 4.69) is 14.8 Å². The number of guanidine groups is 1. The fraction of sp³-hybridized carbons (Fsp3) is 0.619. The number of hydrogen-bond acceptors (Lipinski definition) is 4. The van der Waals surface area contributed by atoms with Crippen LogP contribution in [0.15, 0.2) is 29.3 Å². The van der Waals surface area contributed by atoms with Crippen molar-refractivity contribution in [1.82, 2.24) is 9.80 Å². The number of rotatable bonds is 3. The number of aliphatic imine (C=N–C) groups is 1. The van der Waals surface area contributed by atoms with Gasteiger partial charge in [0.05, 0.1) is 0 Å². The Balaban J connectivity index is 1.44. The van der Waals surface area contributed by atoms with Crippen molar-refractivity contribution in [1.29, 1.82) is 0 Å². The molecule has 0 aliphatic carbocycles. The number of anilines is 1. The number of amides is 1. The van der Waals surface area contributed by atoms with Crippen molar-refractivity contribution in [3.05, 3.63) is 30.1 Å². The second-order valence-corrected chi connectivity index (χ2v) is 8.73. The Hall–Kier alpha value is -2.51. The predicted octanol–water partition coefficient (Wildman–Crippen LogP) is 2.52. The van der Waals surface area contributed by atoms with E-state index in [1.54, 1.807) is 17.0 Å². The first kappa shape index (κ1) is 21.2. The van der Waals surface area contributed by atoms with Gasteiger partial charge in [-0.2, -0.15) is 0 Å². The third kappa shape index (κ3) is 5.98. The van der Waals surface area contributed by atoms with Gasteiger partial charge in [0.2, 0.25) is 0 Å². The smallest absolute Gasteiger partial charge is 0.410 e. The summed E-state index contributed by atoms with van der Waals surface area (Å²) in [6, 6.07) is 6.58. The number of ether oxygens (including phenoxy) is 1. The zero-order chi connectivity index (χ0) is 21.0. The summed E-state index contributed by atoms with van der Waals surface area (Å²) < 4.78 is 18.5. The molecule has 3 rings (SSSR count).